The summed E-state index contributed by atoms with van der Waals surface area (Å²) < 4.78 is 0. The zero-order chi connectivity index (χ0) is 12.8. The average molecular weight is 241 g/mol. The Hall–Kier alpha value is -0.610. The minimum atomic E-state index is 0.131. The number of amides is 1. The van der Waals surface area contributed by atoms with E-state index < -0.39 is 0 Å². The zero-order valence-electron chi connectivity index (χ0n) is 11.4. The van der Waals surface area contributed by atoms with Gasteiger partial charge >= 0.3 is 0 Å². The molecule has 1 saturated heterocycles. The Balaban J connectivity index is 2.28. The number of rotatable bonds is 5. The molecule has 1 aliphatic rings. The van der Waals surface area contributed by atoms with Crippen molar-refractivity contribution in [3.8, 4) is 0 Å². The molecule has 1 amide bonds. The third kappa shape index (κ3) is 5.04. The SMILES string of the molecule is CC(N)CCCC(=O)NN1C(C)CCCC1C. The van der Waals surface area contributed by atoms with Crippen molar-refractivity contribution in [2.45, 2.75) is 77.4 Å². The quantitative estimate of drug-likeness (QED) is 0.771. The van der Waals surface area contributed by atoms with Crippen LogP contribution in [0.3, 0.4) is 0 Å². The van der Waals surface area contributed by atoms with Gasteiger partial charge in [0.15, 0.2) is 0 Å². The lowest BCUT2D eigenvalue weighted by molar-refractivity contribution is -0.129. The van der Waals surface area contributed by atoms with Gasteiger partial charge in [0.25, 0.3) is 0 Å². The van der Waals surface area contributed by atoms with Gasteiger partial charge in [-0.3, -0.25) is 10.2 Å². The van der Waals surface area contributed by atoms with Crippen molar-refractivity contribution in [3.63, 3.8) is 0 Å². The number of hydrogen-bond donors (Lipinski definition) is 2. The Morgan fingerprint density at radius 1 is 1.41 bits per heavy atom. The Morgan fingerprint density at radius 3 is 2.53 bits per heavy atom. The van der Waals surface area contributed by atoms with E-state index in [1.165, 1.54) is 19.3 Å². The van der Waals surface area contributed by atoms with Gasteiger partial charge in [-0.2, -0.15) is 0 Å². The van der Waals surface area contributed by atoms with Crippen molar-refractivity contribution in [2.75, 3.05) is 0 Å². The molecule has 1 heterocycles. The zero-order valence-corrected chi connectivity index (χ0v) is 11.4. The van der Waals surface area contributed by atoms with Crippen LogP contribution in [0.4, 0.5) is 0 Å². The second kappa shape index (κ2) is 6.97. The molecule has 0 aromatic heterocycles. The van der Waals surface area contributed by atoms with E-state index in [1.54, 1.807) is 0 Å². The second-order valence-electron chi connectivity index (χ2n) is 5.44. The van der Waals surface area contributed by atoms with Crippen molar-refractivity contribution in [3.05, 3.63) is 0 Å². The molecule has 17 heavy (non-hydrogen) atoms. The van der Waals surface area contributed by atoms with Crippen molar-refractivity contribution in [2.24, 2.45) is 5.73 Å². The average Bonchev–Trinajstić information content (AvgIpc) is 2.23. The summed E-state index contributed by atoms with van der Waals surface area (Å²) in [7, 11) is 0. The summed E-state index contributed by atoms with van der Waals surface area (Å²) in [6.07, 6.45) is 5.98. The van der Waals surface area contributed by atoms with Crippen LogP contribution in [0, 0.1) is 0 Å². The summed E-state index contributed by atoms with van der Waals surface area (Å²) in [5.74, 6) is 0.131. The van der Waals surface area contributed by atoms with Gasteiger partial charge in [-0.25, -0.2) is 5.01 Å². The molecule has 0 saturated carbocycles. The maximum atomic E-state index is 11.8. The molecule has 3 atom stereocenters. The number of carbonyl (C=O) groups excluding carboxylic acids is 1. The fraction of sp³-hybridized carbons (Fsp3) is 0.923. The summed E-state index contributed by atoms with van der Waals surface area (Å²) >= 11 is 0. The number of hydrogen-bond acceptors (Lipinski definition) is 3. The van der Waals surface area contributed by atoms with Gasteiger partial charge < -0.3 is 5.73 Å². The van der Waals surface area contributed by atoms with Crippen molar-refractivity contribution >= 4 is 5.91 Å². The van der Waals surface area contributed by atoms with Crippen LogP contribution < -0.4 is 11.2 Å². The molecule has 1 aliphatic heterocycles. The summed E-state index contributed by atoms with van der Waals surface area (Å²) in [6, 6.07) is 1.10. The van der Waals surface area contributed by atoms with E-state index in [9.17, 15) is 4.79 Å². The first-order chi connectivity index (χ1) is 8.00. The molecule has 3 unspecified atom stereocenters. The van der Waals surface area contributed by atoms with E-state index in [0.717, 1.165) is 12.8 Å². The molecular formula is C13H27N3O. The smallest absolute Gasteiger partial charge is 0.234 e. The van der Waals surface area contributed by atoms with Gasteiger partial charge in [0.2, 0.25) is 5.91 Å². The summed E-state index contributed by atoms with van der Waals surface area (Å²) in [6.45, 7) is 6.34. The van der Waals surface area contributed by atoms with Crippen LogP contribution in [0.15, 0.2) is 0 Å². The first-order valence-corrected chi connectivity index (χ1v) is 6.84. The molecule has 0 radical (unpaired) electrons. The molecule has 1 fully saturated rings. The van der Waals surface area contributed by atoms with Crippen LogP contribution in [-0.2, 0) is 4.79 Å². The molecule has 0 bridgehead atoms. The maximum absolute atomic E-state index is 11.8. The van der Waals surface area contributed by atoms with E-state index in [-0.39, 0.29) is 11.9 Å². The molecule has 1 rings (SSSR count). The van der Waals surface area contributed by atoms with E-state index >= 15 is 0 Å². The lowest BCUT2D eigenvalue weighted by Gasteiger charge is -2.38. The minimum Gasteiger partial charge on any atom is -0.328 e. The second-order valence-corrected chi connectivity index (χ2v) is 5.44. The van der Waals surface area contributed by atoms with Gasteiger partial charge in [0.05, 0.1) is 0 Å². The molecule has 0 aliphatic carbocycles. The fourth-order valence-corrected chi connectivity index (χ4v) is 2.43. The first-order valence-electron chi connectivity index (χ1n) is 6.84. The van der Waals surface area contributed by atoms with Gasteiger partial charge in [-0.15, -0.1) is 0 Å². The summed E-state index contributed by atoms with van der Waals surface area (Å²) in [5.41, 5.74) is 8.71. The molecule has 4 nitrogen and oxygen atoms in total. The number of nitrogens with two attached hydrogens (primary N) is 1. The molecular weight excluding hydrogens is 214 g/mol. The highest BCUT2D eigenvalue weighted by Gasteiger charge is 2.25. The van der Waals surface area contributed by atoms with Crippen LogP contribution in [0.1, 0.15) is 59.3 Å². The van der Waals surface area contributed by atoms with Crippen LogP contribution in [-0.4, -0.2) is 29.0 Å². The lowest BCUT2D eigenvalue weighted by Crippen LogP contribution is -2.54. The summed E-state index contributed by atoms with van der Waals surface area (Å²) in [4.78, 5) is 11.8. The monoisotopic (exact) mass is 241 g/mol. The predicted octanol–water partition coefficient (Wildman–Crippen LogP) is 1.80. The number of hydrazine groups is 1. The summed E-state index contributed by atoms with van der Waals surface area (Å²) in [5, 5.41) is 2.12. The van der Waals surface area contributed by atoms with Crippen LogP contribution >= 0.6 is 0 Å². The molecule has 100 valence electrons. The van der Waals surface area contributed by atoms with Gasteiger partial charge in [0.1, 0.15) is 0 Å². The van der Waals surface area contributed by atoms with Gasteiger partial charge in [-0.05, 0) is 46.5 Å². The third-order valence-corrected chi connectivity index (χ3v) is 3.51. The molecule has 0 spiro atoms. The van der Waals surface area contributed by atoms with Crippen LogP contribution in [0.5, 0.6) is 0 Å². The Morgan fingerprint density at radius 2 is 2.00 bits per heavy atom. The Labute approximate surface area is 105 Å². The predicted molar refractivity (Wildman–Crippen MR) is 70.3 cm³/mol. The molecule has 0 aromatic carbocycles. The van der Waals surface area contributed by atoms with Crippen LogP contribution in [0.25, 0.3) is 0 Å². The largest absolute Gasteiger partial charge is 0.328 e. The standard InChI is InChI=1S/C13H27N3O/c1-10(14)6-4-9-13(17)15-16-11(2)7-5-8-12(16)3/h10-12H,4-9,14H2,1-3H3,(H,15,17). The third-order valence-electron chi connectivity index (χ3n) is 3.51. The highest BCUT2D eigenvalue weighted by molar-refractivity contribution is 5.75. The van der Waals surface area contributed by atoms with E-state index in [0.29, 0.717) is 18.5 Å². The van der Waals surface area contributed by atoms with Crippen molar-refractivity contribution in [1.82, 2.24) is 10.4 Å². The number of nitrogens with one attached hydrogen (secondary N) is 1. The Bertz CT molecular complexity index is 233. The highest BCUT2D eigenvalue weighted by atomic mass is 16.2. The van der Waals surface area contributed by atoms with E-state index in [1.807, 2.05) is 6.92 Å². The highest BCUT2D eigenvalue weighted by Crippen LogP contribution is 2.20. The topological polar surface area (TPSA) is 58.4 Å². The van der Waals surface area contributed by atoms with E-state index in [2.05, 4.69) is 24.3 Å². The van der Waals surface area contributed by atoms with Crippen molar-refractivity contribution in [1.29, 1.82) is 0 Å². The van der Waals surface area contributed by atoms with Gasteiger partial charge in [-0.1, -0.05) is 6.42 Å². The maximum Gasteiger partial charge on any atom is 0.234 e. The first kappa shape index (κ1) is 14.5. The molecule has 4 heteroatoms. The normalized spacial score (nSPS) is 27.8. The number of piperidine rings is 1. The minimum absolute atomic E-state index is 0.131. The number of nitrogens with zero attached hydrogens (tertiary/aromatic N) is 1. The Kier molecular flexibility index (Phi) is 5.92. The van der Waals surface area contributed by atoms with Crippen molar-refractivity contribution < 1.29 is 4.79 Å². The fourth-order valence-electron chi connectivity index (χ4n) is 2.43. The van der Waals surface area contributed by atoms with Crippen LogP contribution in [0.2, 0.25) is 0 Å². The van der Waals surface area contributed by atoms with Gasteiger partial charge in [0, 0.05) is 24.5 Å². The number of carbonyl (C=O) groups is 1. The molecule has 3 N–H and O–H groups in total. The lowest BCUT2D eigenvalue weighted by atomic mass is 10.00. The molecule has 0 aromatic rings. The van der Waals surface area contributed by atoms with E-state index in [4.69, 9.17) is 5.73 Å².